The SMILES string of the molecule is COc1cccc(NCC(=O)N2CCN(c3ncccn3)CC2)c1. The van der Waals surface area contributed by atoms with E-state index in [0.29, 0.717) is 13.1 Å². The molecule has 0 radical (unpaired) electrons. The van der Waals surface area contributed by atoms with Crippen LogP contribution in [0.3, 0.4) is 0 Å². The van der Waals surface area contributed by atoms with Crippen LogP contribution in [0.1, 0.15) is 0 Å². The standard InChI is InChI=1S/C17H21N5O2/c1-24-15-5-2-4-14(12-15)20-13-16(23)21-8-10-22(11-9-21)17-18-6-3-7-19-17/h2-7,12,20H,8-11,13H2,1H3. The molecule has 0 atom stereocenters. The number of aromatic nitrogens is 2. The van der Waals surface area contributed by atoms with Gasteiger partial charge in [-0.2, -0.15) is 0 Å². The number of carbonyl (C=O) groups is 1. The van der Waals surface area contributed by atoms with Gasteiger partial charge in [-0.25, -0.2) is 9.97 Å². The molecule has 0 saturated carbocycles. The molecule has 1 N–H and O–H groups in total. The van der Waals surface area contributed by atoms with Gasteiger partial charge in [0.15, 0.2) is 0 Å². The van der Waals surface area contributed by atoms with Crippen molar-refractivity contribution in [2.24, 2.45) is 0 Å². The Hall–Kier alpha value is -2.83. The minimum atomic E-state index is 0.0893. The Morgan fingerprint density at radius 1 is 1.17 bits per heavy atom. The first kappa shape index (κ1) is 16.0. The zero-order chi connectivity index (χ0) is 16.8. The summed E-state index contributed by atoms with van der Waals surface area (Å²) >= 11 is 0. The molecule has 2 heterocycles. The number of anilines is 2. The summed E-state index contributed by atoms with van der Waals surface area (Å²) in [4.78, 5) is 24.8. The normalized spacial score (nSPS) is 14.4. The predicted octanol–water partition coefficient (Wildman–Crippen LogP) is 1.25. The third-order valence-electron chi connectivity index (χ3n) is 3.98. The fourth-order valence-electron chi connectivity index (χ4n) is 2.63. The highest BCUT2D eigenvalue weighted by Gasteiger charge is 2.22. The molecule has 1 aliphatic heterocycles. The van der Waals surface area contributed by atoms with Crippen LogP contribution in [0.15, 0.2) is 42.7 Å². The second-order valence-electron chi connectivity index (χ2n) is 5.50. The fraction of sp³-hybridized carbons (Fsp3) is 0.353. The van der Waals surface area contributed by atoms with Gasteiger partial charge in [-0.1, -0.05) is 6.07 Å². The molecule has 1 aromatic heterocycles. The number of benzene rings is 1. The smallest absolute Gasteiger partial charge is 0.241 e. The van der Waals surface area contributed by atoms with Crippen LogP contribution in [0.5, 0.6) is 5.75 Å². The lowest BCUT2D eigenvalue weighted by atomic mass is 10.3. The Kier molecular flexibility index (Phi) is 5.10. The van der Waals surface area contributed by atoms with E-state index in [4.69, 9.17) is 4.74 Å². The molecule has 7 nitrogen and oxygen atoms in total. The molecular formula is C17H21N5O2. The van der Waals surface area contributed by atoms with Crippen molar-refractivity contribution < 1.29 is 9.53 Å². The zero-order valence-electron chi connectivity index (χ0n) is 13.7. The third-order valence-corrected chi connectivity index (χ3v) is 3.98. The van der Waals surface area contributed by atoms with Crippen LogP contribution in [-0.2, 0) is 4.79 Å². The Morgan fingerprint density at radius 2 is 1.92 bits per heavy atom. The number of hydrogen-bond acceptors (Lipinski definition) is 6. The van der Waals surface area contributed by atoms with E-state index in [1.165, 1.54) is 0 Å². The topological polar surface area (TPSA) is 70.6 Å². The Morgan fingerprint density at radius 3 is 2.62 bits per heavy atom. The van der Waals surface area contributed by atoms with Gasteiger partial charge in [0, 0.05) is 50.3 Å². The van der Waals surface area contributed by atoms with Gasteiger partial charge < -0.3 is 19.9 Å². The highest BCUT2D eigenvalue weighted by atomic mass is 16.5. The Bertz CT molecular complexity index is 672. The first-order chi connectivity index (χ1) is 11.8. The van der Waals surface area contributed by atoms with Gasteiger partial charge in [-0.15, -0.1) is 0 Å². The van der Waals surface area contributed by atoms with Crippen molar-refractivity contribution in [3.05, 3.63) is 42.7 Å². The molecule has 7 heteroatoms. The van der Waals surface area contributed by atoms with Crippen molar-refractivity contribution in [1.29, 1.82) is 0 Å². The van der Waals surface area contributed by atoms with Crippen LogP contribution in [-0.4, -0.2) is 60.6 Å². The Labute approximate surface area is 141 Å². The van der Waals surface area contributed by atoms with Crippen molar-refractivity contribution in [3.8, 4) is 5.75 Å². The molecule has 1 fully saturated rings. The van der Waals surface area contributed by atoms with Crippen molar-refractivity contribution >= 4 is 17.5 Å². The van der Waals surface area contributed by atoms with Gasteiger partial charge in [0.05, 0.1) is 13.7 Å². The molecule has 1 saturated heterocycles. The predicted molar refractivity (Wildman–Crippen MR) is 92.3 cm³/mol. The maximum Gasteiger partial charge on any atom is 0.241 e. The first-order valence-corrected chi connectivity index (χ1v) is 7.94. The molecule has 3 rings (SSSR count). The quantitative estimate of drug-likeness (QED) is 0.891. The van der Waals surface area contributed by atoms with E-state index in [1.807, 2.05) is 29.2 Å². The molecule has 126 valence electrons. The van der Waals surface area contributed by atoms with Crippen molar-refractivity contribution in [1.82, 2.24) is 14.9 Å². The van der Waals surface area contributed by atoms with Crippen LogP contribution in [0.4, 0.5) is 11.6 Å². The summed E-state index contributed by atoms with van der Waals surface area (Å²) in [5, 5.41) is 3.15. The lowest BCUT2D eigenvalue weighted by molar-refractivity contribution is -0.129. The summed E-state index contributed by atoms with van der Waals surface area (Å²) in [5.41, 5.74) is 0.874. The van der Waals surface area contributed by atoms with Gasteiger partial charge in [0.2, 0.25) is 11.9 Å². The highest BCUT2D eigenvalue weighted by molar-refractivity contribution is 5.81. The van der Waals surface area contributed by atoms with Crippen molar-refractivity contribution in [2.75, 3.05) is 50.1 Å². The summed E-state index contributed by atoms with van der Waals surface area (Å²) < 4.78 is 5.18. The van der Waals surface area contributed by atoms with E-state index < -0.39 is 0 Å². The van der Waals surface area contributed by atoms with E-state index in [9.17, 15) is 4.79 Å². The maximum atomic E-state index is 12.4. The molecule has 2 aromatic rings. The second-order valence-corrected chi connectivity index (χ2v) is 5.50. The summed E-state index contributed by atoms with van der Waals surface area (Å²) in [6, 6.07) is 9.36. The molecule has 0 unspecified atom stereocenters. The van der Waals surface area contributed by atoms with Crippen LogP contribution in [0.2, 0.25) is 0 Å². The fourth-order valence-corrected chi connectivity index (χ4v) is 2.63. The van der Waals surface area contributed by atoms with Gasteiger partial charge in [0.1, 0.15) is 5.75 Å². The van der Waals surface area contributed by atoms with E-state index in [1.54, 1.807) is 25.6 Å². The maximum absolute atomic E-state index is 12.4. The summed E-state index contributed by atoms with van der Waals surface area (Å²) in [6.07, 6.45) is 3.47. The van der Waals surface area contributed by atoms with Crippen molar-refractivity contribution in [3.63, 3.8) is 0 Å². The molecule has 24 heavy (non-hydrogen) atoms. The van der Waals surface area contributed by atoms with Crippen LogP contribution >= 0.6 is 0 Å². The lowest BCUT2D eigenvalue weighted by Crippen LogP contribution is -2.50. The molecule has 1 amide bonds. The van der Waals surface area contributed by atoms with Crippen LogP contribution < -0.4 is 15.0 Å². The monoisotopic (exact) mass is 327 g/mol. The second kappa shape index (κ2) is 7.63. The van der Waals surface area contributed by atoms with E-state index in [-0.39, 0.29) is 12.5 Å². The number of methoxy groups -OCH3 is 1. The number of rotatable bonds is 5. The summed E-state index contributed by atoms with van der Waals surface area (Å²) in [5.74, 6) is 1.58. The average Bonchev–Trinajstić information content (AvgIpc) is 2.67. The molecule has 1 aromatic carbocycles. The summed E-state index contributed by atoms with van der Waals surface area (Å²) in [6.45, 7) is 3.12. The van der Waals surface area contributed by atoms with Gasteiger partial charge in [0.25, 0.3) is 0 Å². The van der Waals surface area contributed by atoms with Gasteiger partial charge in [-0.3, -0.25) is 4.79 Å². The first-order valence-electron chi connectivity index (χ1n) is 7.94. The zero-order valence-corrected chi connectivity index (χ0v) is 13.7. The van der Waals surface area contributed by atoms with E-state index in [2.05, 4.69) is 20.2 Å². The van der Waals surface area contributed by atoms with Crippen LogP contribution in [0, 0.1) is 0 Å². The number of hydrogen-bond donors (Lipinski definition) is 1. The molecule has 0 bridgehead atoms. The van der Waals surface area contributed by atoms with Gasteiger partial charge in [-0.05, 0) is 18.2 Å². The molecule has 0 aliphatic carbocycles. The number of amides is 1. The molecule has 0 spiro atoms. The van der Waals surface area contributed by atoms with Crippen LogP contribution in [0.25, 0.3) is 0 Å². The molecular weight excluding hydrogens is 306 g/mol. The number of nitrogens with one attached hydrogen (secondary N) is 1. The van der Waals surface area contributed by atoms with Crippen molar-refractivity contribution in [2.45, 2.75) is 0 Å². The molecule has 1 aliphatic rings. The number of ether oxygens (including phenoxy) is 1. The van der Waals surface area contributed by atoms with E-state index in [0.717, 1.165) is 30.5 Å². The minimum Gasteiger partial charge on any atom is -0.497 e. The number of piperazine rings is 1. The number of nitrogens with zero attached hydrogens (tertiary/aromatic N) is 4. The highest BCUT2D eigenvalue weighted by Crippen LogP contribution is 2.16. The Balaban J connectivity index is 1.48. The van der Waals surface area contributed by atoms with E-state index >= 15 is 0 Å². The summed E-state index contributed by atoms with van der Waals surface area (Å²) in [7, 11) is 1.63. The van der Waals surface area contributed by atoms with Gasteiger partial charge >= 0.3 is 0 Å². The average molecular weight is 327 g/mol. The number of carbonyl (C=O) groups excluding carboxylic acids is 1. The largest absolute Gasteiger partial charge is 0.497 e. The lowest BCUT2D eigenvalue weighted by Gasteiger charge is -2.34. The minimum absolute atomic E-state index is 0.0893. The third kappa shape index (κ3) is 3.92.